The van der Waals surface area contributed by atoms with E-state index in [1.54, 1.807) is 4.90 Å². The lowest BCUT2D eigenvalue weighted by Crippen LogP contribution is -2.48. The molecule has 1 aliphatic heterocycles. The molecule has 1 aliphatic carbocycles. The van der Waals surface area contributed by atoms with E-state index in [0.717, 1.165) is 19.3 Å². The number of likely N-dealkylation sites (tertiary alicyclic amines) is 1. The van der Waals surface area contributed by atoms with E-state index in [2.05, 4.69) is 5.32 Å². The van der Waals surface area contributed by atoms with Gasteiger partial charge in [-0.15, -0.1) is 0 Å². The number of hydrogen-bond donors (Lipinski definition) is 3. The van der Waals surface area contributed by atoms with Crippen molar-refractivity contribution in [2.45, 2.75) is 31.7 Å². The van der Waals surface area contributed by atoms with Gasteiger partial charge in [0.05, 0.1) is 0 Å². The summed E-state index contributed by atoms with van der Waals surface area (Å²) >= 11 is 0. The zero-order valence-electron chi connectivity index (χ0n) is 10.3. The highest BCUT2D eigenvalue weighted by Gasteiger charge is 2.38. The summed E-state index contributed by atoms with van der Waals surface area (Å²) in [6.07, 6.45) is 3.35. The Morgan fingerprint density at radius 1 is 1.33 bits per heavy atom. The molecular weight excluding hydrogens is 236 g/mol. The van der Waals surface area contributed by atoms with Crippen molar-refractivity contribution in [2.24, 2.45) is 11.8 Å². The summed E-state index contributed by atoms with van der Waals surface area (Å²) in [5.74, 6) is -0.510. The molecule has 0 spiro atoms. The van der Waals surface area contributed by atoms with Crippen LogP contribution < -0.4 is 5.32 Å². The normalized spacial score (nSPS) is 24.9. The minimum absolute atomic E-state index is 0.0993. The van der Waals surface area contributed by atoms with E-state index in [9.17, 15) is 9.59 Å². The monoisotopic (exact) mass is 256 g/mol. The number of rotatable bonds is 5. The standard InChI is InChI=1S/C12H20N2O4/c15-6-4-8-3-5-14(7-8)12(18)13-10(11(16)17)9-1-2-9/h8-10,15H,1-7H2,(H,13,18)(H,16,17). The SMILES string of the molecule is O=C(O)C(NC(=O)N1CCC(CCO)C1)C1CC1. The van der Waals surface area contributed by atoms with E-state index >= 15 is 0 Å². The average Bonchev–Trinajstić information content (AvgIpc) is 3.05. The molecule has 3 N–H and O–H groups in total. The Morgan fingerprint density at radius 2 is 2.06 bits per heavy atom. The van der Waals surface area contributed by atoms with Crippen LogP contribution in [-0.2, 0) is 4.79 Å². The van der Waals surface area contributed by atoms with Crippen molar-refractivity contribution in [1.29, 1.82) is 0 Å². The smallest absolute Gasteiger partial charge is 0.326 e. The minimum atomic E-state index is -0.947. The van der Waals surface area contributed by atoms with Crippen LogP contribution in [0.3, 0.4) is 0 Å². The van der Waals surface area contributed by atoms with Crippen LogP contribution in [0.1, 0.15) is 25.7 Å². The van der Waals surface area contributed by atoms with Crippen molar-refractivity contribution in [3.8, 4) is 0 Å². The van der Waals surface area contributed by atoms with Gasteiger partial charge in [0, 0.05) is 19.7 Å². The highest BCUT2D eigenvalue weighted by molar-refractivity contribution is 5.83. The van der Waals surface area contributed by atoms with Crippen LogP contribution in [-0.4, -0.2) is 52.9 Å². The quantitative estimate of drug-likeness (QED) is 0.658. The molecule has 1 saturated carbocycles. The van der Waals surface area contributed by atoms with Gasteiger partial charge < -0.3 is 20.4 Å². The Labute approximate surface area is 106 Å². The number of aliphatic hydroxyl groups excluding tert-OH is 1. The highest BCUT2D eigenvalue weighted by Crippen LogP contribution is 2.33. The molecule has 2 unspecified atom stereocenters. The Morgan fingerprint density at radius 3 is 2.61 bits per heavy atom. The van der Waals surface area contributed by atoms with Crippen LogP contribution in [0.2, 0.25) is 0 Å². The maximum atomic E-state index is 11.9. The van der Waals surface area contributed by atoms with Crippen molar-refractivity contribution in [3.63, 3.8) is 0 Å². The van der Waals surface area contributed by atoms with E-state index in [4.69, 9.17) is 10.2 Å². The number of carbonyl (C=O) groups excluding carboxylic acids is 1. The number of urea groups is 1. The first-order valence-electron chi connectivity index (χ1n) is 6.51. The first kappa shape index (κ1) is 13.1. The second kappa shape index (κ2) is 5.56. The van der Waals surface area contributed by atoms with Gasteiger partial charge in [-0.05, 0) is 37.5 Å². The first-order valence-corrected chi connectivity index (χ1v) is 6.51. The summed E-state index contributed by atoms with van der Waals surface area (Å²) in [5, 5.41) is 20.5. The molecule has 0 radical (unpaired) electrons. The number of carboxylic acids is 1. The Hall–Kier alpha value is -1.30. The number of nitrogens with zero attached hydrogens (tertiary/aromatic N) is 1. The summed E-state index contributed by atoms with van der Waals surface area (Å²) in [7, 11) is 0. The highest BCUT2D eigenvalue weighted by atomic mass is 16.4. The molecule has 102 valence electrons. The minimum Gasteiger partial charge on any atom is -0.480 e. The van der Waals surface area contributed by atoms with Crippen LogP contribution in [0.15, 0.2) is 0 Å². The van der Waals surface area contributed by atoms with Gasteiger partial charge in [-0.25, -0.2) is 9.59 Å². The predicted octanol–water partition coefficient (Wildman–Crippen LogP) is 0.263. The third kappa shape index (κ3) is 3.13. The number of aliphatic hydroxyl groups is 1. The molecule has 18 heavy (non-hydrogen) atoms. The van der Waals surface area contributed by atoms with Gasteiger partial charge in [0.2, 0.25) is 0 Å². The zero-order valence-corrected chi connectivity index (χ0v) is 10.3. The van der Waals surface area contributed by atoms with Gasteiger partial charge in [0.15, 0.2) is 0 Å². The molecule has 2 amide bonds. The average molecular weight is 256 g/mol. The Balaban J connectivity index is 1.82. The molecule has 0 bridgehead atoms. The van der Waals surface area contributed by atoms with Crippen molar-refractivity contribution in [2.75, 3.05) is 19.7 Å². The van der Waals surface area contributed by atoms with Crippen LogP contribution >= 0.6 is 0 Å². The maximum absolute atomic E-state index is 11.9. The molecule has 0 aromatic carbocycles. The zero-order chi connectivity index (χ0) is 13.1. The number of amides is 2. The molecule has 1 heterocycles. The van der Waals surface area contributed by atoms with Crippen molar-refractivity contribution < 1.29 is 19.8 Å². The van der Waals surface area contributed by atoms with Crippen molar-refractivity contribution >= 4 is 12.0 Å². The fourth-order valence-electron chi connectivity index (χ4n) is 2.47. The summed E-state index contributed by atoms with van der Waals surface area (Å²) < 4.78 is 0. The molecule has 1 saturated heterocycles. The second-order valence-corrected chi connectivity index (χ2v) is 5.22. The summed E-state index contributed by atoms with van der Waals surface area (Å²) in [4.78, 5) is 24.6. The molecular formula is C12H20N2O4. The largest absolute Gasteiger partial charge is 0.480 e. The summed E-state index contributed by atoms with van der Waals surface area (Å²) in [6.45, 7) is 1.40. The Bertz CT molecular complexity index is 330. The molecule has 2 atom stereocenters. The van der Waals surface area contributed by atoms with Crippen molar-refractivity contribution in [3.05, 3.63) is 0 Å². The van der Waals surface area contributed by atoms with E-state index in [-0.39, 0.29) is 18.6 Å². The third-order valence-electron chi connectivity index (χ3n) is 3.75. The molecule has 2 aliphatic rings. The van der Waals surface area contributed by atoms with Gasteiger partial charge >= 0.3 is 12.0 Å². The molecule has 0 aromatic heterocycles. The van der Waals surface area contributed by atoms with E-state index in [1.807, 2.05) is 0 Å². The molecule has 2 rings (SSSR count). The van der Waals surface area contributed by atoms with Gasteiger partial charge in [-0.3, -0.25) is 0 Å². The number of hydrogen-bond acceptors (Lipinski definition) is 3. The lowest BCUT2D eigenvalue weighted by molar-refractivity contribution is -0.139. The van der Waals surface area contributed by atoms with Crippen molar-refractivity contribution in [1.82, 2.24) is 10.2 Å². The number of carboxylic acid groups (broad SMARTS) is 1. The predicted molar refractivity (Wildman–Crippen MR) is 64.1 cm³/mol. The lowest BCUT2D eigenvalue weighted by Gasteiger charge is -2.21. The first-order chi connectivity index (χ1) is 8.61. The lowest BCUT2D eigenvalue weighted by atomic mass is 10.1. The van der Waals surface area contributed by atoms with Gasteiger partial charge in [-0.1, -0.05) is 0 Å². The number of aliphatic carboxylic acids is 1. The van der Waals surface area contributed by atoms with E-state index in [1.165, 1.54) is 0 Å². The second-order valence-electron chi connectivity index (χ2n) is 5.22. The molecule has 0 aromatic rings. The number of carbonyl (C=O) groups is 2. The topological polar surface area (TPSA) is 89.9 Å². The van der Waals surface area contributed by atoms with Gasteiger partial charge in [0.1, 0.15) is 6.04 Å². The number of nitrogens with one attached hydrogen (secondary N) is 1. The molecule has 6 heteroatoms. The fraction of sp³-hybridized carbons (Fsp3) is 0.833. The van der Waals surface area contributed by atoms with Gasteiger partial charge in [-0.2, -0.15) is 0 Å². The van der Waals surface area contributed by atoms with Crippen LogP contribution in [0.4, 0.5) is 4.79 Å². The van der Waals surface area contributed by atoms with Crippen LogP contribution in [0, 0.1) is 11.8 Å². The van der Waals surface area contributed by atoms with E-state index in [0.29, 0.717) is 25.4 Å². The Kier molecular flexibility index (Phi) is 4.06. The summed E-state index contributed by atoms with van der Waals surface area (Å²) in [5.41, 5.74) is 0. The van der Waals surface area contributed by atoms with Crippen LogP contribution in [0.25, 0.3) is 0 Å². The maximum Gasteiger partial charge on any atom is 0.326 e. The van der Waals surface area contributed by atoms with Gasteiger partial charge in [0.25, 0.3) is 0 Å². The fourth-order valence-corrected chi connectivity index (χ4v) is 2.47. The third-order valence-corrected chi connectivity index (χ3v) is 3.75. The van der Waals surface area contributed by atoms with E-state index < -0.39 is 12.0 Å². The molecule has 2 fully saturated rings. The van der Waals surface area contributed by atoms with Crippen LogP contribution in [0.5, 0.6) is 0 Å². The summed E-state index contributed by atoms with van der Waals surface area (Å²) in [6, 6.07) is -1.02. The molecule has 6 nitrogen and oxygen atoms in total.